The molecule has 1 aliphatic rings. The number of hydrogen-bond acceptors (Lipinski definition) is 8. The van der Waals surface area contributed by atoms with Crippen LogP contribution >= 0.6 is 11.3 Å². The molecule has 0 saturated heterocycles. The van der Waals surface area contributed by atoms with E-state index in [1.807, 2.05) is 0 Å². The molecular weight excluding hydrogens is 459 g/mol. The first kappa shape index (κ1) is 22.9. The molecule has 174 valence electrons. The fourth-order valence-corrected chi connectivity index (χ4v) is 4.33. The minimum atomic E-state index is -4.43. The van der Waals surface area contributed by atoms with Crippen LogP contribution < -0.4 is 15.3 Å². The Labute approximate surface area is 190 Å². The second-order valence-corrected chi connectivity index (χ2v) is 8.52. The standard InChI is InChI=1S/C21H20F3N5O3S/c1-12-25-19(27-20(31)29(12)10-13-6-7-17(33-13)21(22,23)24)28-9-8-14(16(30)11-28)15-4-3-5-18(26-15)32-2/h3-8,16,30H,9-11H2,1-2H3/t16-/m0/s1. The molecule has 0 spiro atoms. The zero-order valence-corrected chi connectivity index (χ0v) is 18.5. The molecule has 0 amide bonds. The molecule has 0 saturated carbocycles. The van der Waals surface area contributed by atoms with Crippen LogP contribution in [0.25, 0.3) is 5.57 Å². The lowest BCUT2D eigenvalue weighted by molar-refractivity contribution is -0.134. The van der Waals surface area contributed by atoms with Gasteiger partial charge in [0.15, 0.2) is 0 Å². The summed E-state index contributed by atoms with van der Waals surface area (Å²) in [7, 11) is 1.51. The maximum Gasteiger partial charge on any atom is 0.425 e. The van der Waals surface area contributed by atoms with Gasteiger partial charge < -0.3 is 14.7 Å². The van der Waals surface area contributed by atoms with Crippen LogP contribution in [0, 0.1) is 6.92 Å². The van der Waals surface area contributed by atoms with Gasteiger partial charge in [0.25, 0.3) is 0 Å². The summed E-state index contributed by atoms with van der Waals surface area (Å²) in [6.07, 6.45) is -3.54. The number of methoxy groups -OCH3 is 1. The van der Waals surface area contributed by atoms with E-state index < -0.39 is 22.8 Å². The smallest absolute Gasteiger partial charge is 0.425 e. The Kier molecular flexibility index (Phi) is 6.21. The molecule has 0 bridgehead atoms. The van der Waals surface area contributed by atoms with Gasteiger partial charge >= 0.3 is 11.9 Å². The van der Waals surface area contributed by atoms with Crippen LogP contribution in [0.3, 0.4) is 0 Å². The molecular formula is C21H20F3N5O3S. The van der Waals surface area contributed by atoms with Gasteiger partial charge in [-0.3, -0.25) is 4.57 Å². The van der Waals surface area contributed by atoms with Gasteiger partial charge in [-0.25, -0.2) is 9.78 Å². The second kappa shape index (κ2) is 8.94. The Bertz CT molecular complexity index is 1250. The van der Waals surface area contributed by atoms with Gasteiger partial charge in [0.05, 0.1) is 32.0 Å². The molecule has 0 unspecified atom stereocenters. The van der Waals surface area contributed by atoms with E-state index in [9.17, 15) is 23.1 Å². The van der Waals surface area contributed by atoms with Gasteiger partial charge in [0, 0.05) is 23.1 Å². The SMILES string of the molecule is COc1cccc(C2=CCN(c3nc(C)n(Cc4ccc(C(F)(F)F)s4)c(=O)n3)C[C@@H]2O)n1. The van der Waals surface area contributed by atoms with Crippen molar-refractivity contribution in [2.75, 3.05) is 25.1 Å². The number of pyridine rings is 1. The van der Waals surface area contributed by atoms with Gasteiger partial charge in [-0.05, 0) is 25.1 Å². The Morgan fingerprint density at radius 3 is 2.64 bits per heavy atom. The van der Waals surface area contributed by atoms with Crippen molar-refractivity contribution in [3.8, 4) is 5.88 Å². The van der Waals surface area contributed by atoms with Crippen molar-refractivity contribution in [2.24, 2.45) is 0 Å². The number of aliphatic hydroxyl groups excluding tert-OH is 1. The quantitative estimate of drug-likeness (QED) is 0.602. The molecule has 0 aliphatic carbocycles. The van der Waals surface area contributed by atoms with Crippen molar-refractivity contribution in [1.82, 2.24) is 19.5 Å². The topological polar surface area (TPSA) is 93.4 Å². The summed E-state index contributed by atoms with van der Waals surface area (Å²) in [6, 6.07) is 7.58. The van der Waals surface area contributed by atoms with Crippen LogP contribution in [0.1, 0.15) is 21.3 Å². The lowest BCUT2D eigenvalue weighted by Gasteiger charge is -2.30. The molecule has 33 heavy (non-hydrogen) atoms. The molecule has 12 heteroatoms. The molecule has 1 atom stereocenters. The van der Waals surface area contributed by atoms with Gasteiger partial charge in [-0.1, -0.05) is 12.1 Å². The highest BCUT2D eigenvalue weighted by Crippen LogP contribution is 2.34. The Balaban J connectivity index is 1.54. The number of aryl methyl sites for hydroxylation is 1. The van der Waals surface area contributed by atoms with Crippen LogP contribution in [0.15, 0.2) is 41.2 Å². The molecule has 3 aromatic rings. The van der Waals surface area contributed by atoms with E-state index in [1.165, 1.54) is 17.7 Å². The zero-order chi connectivity index (χ0) is 23.8. The predicted octanol–water partition coefficient (Wildman–Crippen LogP) is 2.74. The first-order valence-electron chi connectivity index (χ1n) is 9.91. The van der Waals surface area contributed by atoms with Gasteiger partial charge in [0.2, 0.25) is 11.8 Å². The van der Waals surface area contributed by atoms with E-state index in [4.69, 9.17) is 4.74 Å². The van der Waals surface area contributed by atoms with E-state index in [0.29, 0.717) is 45.7 Å². The summed E-state index contributed by atoms with van der Waals surface area (Å²) < 4.78 is 44.9. The molecule has 0 fully saturated rings. The number of nitrogens with zero attached hydrogens (tertiary/aromatic N) is 5. The van der Waals surface area contributed by atoms with Crippen LogP contribution in [0.5, 0.6) is 5.88 Å². The summed E-state index contributed by atoms with van der Waals surface area (Å²) in [5.41, 5.74) is 0.592. The maximum absolute atomic E-state index is 12.8. The predicted molar refractivity (Wildman–Crippen MR) is 116 cm³/mol. The fourth-order valence-electron chi connectivity index (χ4n) is 3.46. The van der Waals surface area contributed by atoms with Crippen LogP contribution in [0.2, 0.25) is 0 Å². The average Bonchev–Trinajstić information content (AvgIpc) is 3.25. The van der Waals surface area contributed by atoms with E-state index >= 15 is 0 Å². The van der Waals surface area contributed by atoms with E-state index in [-0.39, 0.29) is 19.0 Å². The van der Waals surface area contributed by atoms with Gasteiger partial charge in [0.1, 0.15) is 10.7 Å². The van der Waals surface area contributed by atoms with Crippen molar-refractivity contribution in [3.63, 3.8) is 0 Å². The molecule has 4 heterocycles. The molecule has 3 aromatic heterocycles. The van der Waals surface area contributed by atoms with Gasteiger partial charge in [-0.15, -0.1) is 11.3 Å². The lowest BCUT2D eigenvalue weighted by Crippen LogP contribution is -2.40. The summed E-state index contributed by atoms with van der Waals surface area (Å²) in [6.45, 7) is 2.02. The highest BCUT2D eigenvalue weighted by molar-refractivity contribution is 7.12. The summed E-state index contributed by atoms with van der Waals surface area (Å²) in [5, 5.41) is 10.7. The maximum atomic E-state index is 12.8. The second-order valence-electron chi connectivity index (χ2n) is 7.35. The molecule has 8 nitrogen and oxygen atoms in total. The number of thiophene rings is 1. The van der Waals surface area contributed by atoms with Gasteiger partial charge in [-0.2, -0.15) is 23.1 Å². The summed E-state index contributed by atoms with van der Waals surface area (Å²) in [4.78, 5) is 26.6. The van der Waals surface area contributed by atoms with Crippen molar-refractivity contribution in [3.05, 3.63) is 68.2 Å². The number of aliphatic hydroxyl groups is 1. The number of hydrogen-bond donors (Lipinski definition) is 1. The highest BCUT2D eigenvalue weighted by Gasteiger charge is 2.32. The first-order valence-corrected chi connectivity index (χ1v) is 10.7. The molecule has 1 aliphatic heterocycles. The largest absolute Gasteiger partial charge is 0.481 e. The number of rotatable bonds is 5. The first-order chi connectivity index (χ1) is 15.7. The lowest BCUT2D eigenvalue weighted by atomic mass is 10.0. The number of anilines is 1. The van der Waals surface area contributed by atoms with Crippen molar-refractivity contribution < 1.29 is 23.0 Å². The highest BCUT2D eigenvalue weighted by atomic mass is 32.1. The van der Waals surface area contributed by atoms with E-state index in [1.54, 1.807) is 36.1 Å². The molecule has 4 rings (SSSR count). The molecule has 1 N–H and O–H groups in total. The van der Waals surface area contributed by atoms with Crippen LogP contribution in [-0.4, -0.2) is 50.9 Å². The number of halogens is 3. The number of β-amino-alcohol motifs (C(OH)–C–C–N with tert-alkyl or cyclic N) is 1. The minimum absolute atomic E-state index is 0.0557. The van der Waals surface area contributed by atoms with Crippen LogP contribution in [0.4, 0.5) is 19.1 Å². The Morgan fingerprint density at radius 1 is 1.21 bits per heavy atom. The Morgan fingerprint density at radius 2 is 2.00 bits per heavy atom. The minimum Gasteiger partial charge on any atom is -0.481 e. The third-order valence-corrected chi connectivity index (χ3v) is 6.24. The normalized spacial score (nSPS) is 16.6. The monoisotopic (exact) mass is 479 g/mol. The van der Waals surface area contributed by atoms with Crippen molar-refractivity contribution in [1.29, 1.82) is 0 Å². The average molecular weight is 479 g/mol. The number of aromatic nitrogens is 4. The van der Waals surface area contributed by atoms with Crippen LogP contribution in [-0.2, 0) is 12.7 Å². The number of ether oxygens (including phenoxy) is 1. The number of alkyl halides is 3. The summed E-state index contributed by atoms with van der Waals surface area (Å²) >= 11 is 0.579. The molecule has 0 radical (unpaired) electrons. The molecule has 0 aromatic carbocycles. The third-order valence-electron chi connectivity index (χ3n) is 5.13. The van der Waals surface area contributed by atoms with Crippen molar-refractivity contribution >= 4 is 22.9 Å². The summed E-state index contributed by atoms with van der Waals surface area (Å²) in [5.74, 6) is 0.883. The zero-order valence-electron chi connectivity index (χ0n) is 17.7. The van der Waals surface area contributed by atoms with E-state index in [2.05, 4.69) is 15.0 Å². The Hall–Kier alpha value is -3.25. The van der Waals surface area contributed by atoms with Crippen molar-refractivity contribution in [2.45, 2.75) is 25.7 Å². The third kappa shape index (κ3) is 4.91. The fraction of sp³-hybridized carbons (Fsp3) is 0.333. The van der Waals surface area contributed by atoms with E-state index in [0.717, 1.165) is 6.07 Å².